The number of nitro groups is 1. The van der Waals surface area contributed by atoms with Crippen LogP contribution in [0.15, 0.2) is 0 Å². The highest BCUT2D eigenvalue weighted by atomic mass is 16.7. The van der Waals surface area contributed by atoms with Gasteiger partial charge in [-0.25, -0.2) is 10.1 Å². The molecule has 0 atom stereocenters. The van der Waals surface area contributed by atoms with Gasteiger partial charge in [-0.05, 0) is 0 Å². The summed E-state index contributed by atoms with van der Waals surface area (Å²) in [5.74, 6) is -0.662. The van der Waals surface area contributed by atoms with E-state index in [1.54, 1.807) is 0 Å². The van der Waals surface area contributed by atoms with Crippen LogP contribution >= 0.6 is 0 Å². The first-order valence-corrected chi connectivity index (χ1v) is 1.38. The van der Waals surface area contributed by atoms with E-state index in [0.29, 0.717) is 0 Å². The molecular formula is CH7N5O2. The molecule has 0 aliphatic heterocycles. The summed E-state index contributed by atoms with van der Waals surface area (Å²) in [6.07, 6.45) is 0. The Morgan fingerprint density at radius 2 is 2.25 bits per heavy atom. The maximum Gasteiger partial charge on any atom is 0.248 e. The number of guanidine groups is 1. The second-order valence-electron chi connectivity index (χ2n) is 0.783. The molecule has 0 radical (unpaired) electrons. The number of rotatable bonds is 1. The Bertz CT molecular complexity index is 86.6. The standard InChI is InChI=1S/CH4N4O2.H3N/c2-1(3)4-5(6)7;/h(H4,2,3,4);1H3. The summed E-state index contributed by atoms with van der Waals surface area (Å²) in [5, 5.41) is 14.6. The minimum Gasteiger partial charge on any atom is -0.366 e. The van der Waals surface area contributed by atoms with Gasteiger partial charge in [0, 0.05) is 0 Å². The molecule has 0 unspecified atom stereocenters. The average Bonchev–Trinajstić information content (AvgIpc) is 1.27. The molecule has 0 saturated heterocycles. The quantitative estimate of drug-likeness (QED) is 0.149. The minimum atomic E-state index is -0.900. The monoisotopic (exact) mass is 121 g/mol. The molecule has 7 nitrogen and oxygen atoms in total. The lowest BCUT2D eigenvalue weighted by Crippen LogP contribution is -2.34. The Morgan fingerprint density at radius 1 is 1.88 bits per heavy atom. The Labute approximate surface area is 45.1 Å². The lowest BCUT2D eigenvalue weighted by molar-refractivity contribution is -0.525. The van der Waals surface area contributed by atoms with Crippen LogP contribution in [0.25, 0.3) is 0 Å². The minimum absolute atomic E-state index is 0. The Balaban J connectivity index is 0. The fourth-order valence-electron chi connectivity index (χ4n) is 0.0983. The van der Waals surface area contributed by atoms with Crippen LogP contribution in [0.2, 0.25) is 0 Å². The fourth-order valence-corrected chi connectivity index (χ4v) is 0.0983. The summed E-state index contributed by atoms with van der Waals surface area (Å²) in [4.78, 5) is 9.28. The van der Waals surface area contributed by atoms with Gasteiger partial charge in [0.05, 0.1) is 0 Å². The van der Waals surface area contributed by atoms with Gasteiger partial charge in [-0.2, -0.15) is 0 Å². The summed E-state index contributed by atoms with van der Waals surface area (Å²) in [7, 11) is 0. The van der Waals surface area contributed by atoms with E-state index in [9.17, 15) is 10.1 Å². The van der Waals surface area contributed by atoms with Gasteiger partial charge in [-0.3, -0.25) is 5.41 Å². The number of nitrogens with two attached hydrogens (primary N) is 1. The molecule has 0 bridgehead atoms. The third-order valence-electron chi connectivity index (χ3n) is 0.212. The Hall–Kier alpha value is -1.37. The molecule has 7 N–H and O–H groups in total. The van der Waals surface area contributed by atoms with Gasteiger partial charge in [-0.15, -0.1) is 0 Å². The Morgan fingerprint density at radius 3 is 2.25 bits per heavy atom. The number of hydrazine groups is 1. The Kier molecular flexibility index (Phi) is 4.67. The predicted octanol–water partition coefficient (Wildman–Crippen LogP) is -1.18. The zero-order valence-electron chi connectivity index (χ0n) is 4.05. The first kappa shape index (κ1) is 9.80. The van der Waals surface area contributed by atoms with Crippen molar-refractivity contribution >= 4 is 5.96 Å². The fraction of sp³-hybridized carbons (Fsp3) is 0. The van der Waals surface area contributed by atoms with Gasteiger partial charge in [0.1, 0.15) is 0 Å². The normalized spacial score (nSPS) is 6.50. The highest BCUT2D eigenvalue weighted by molar-refractivity contribution is 5.72. The van der Waals surface area contributed by atoms with Crippen molar-refractivity contribution in [2.75, 3.05) is 0 Å². The molecule has 0 heterocycles. The van der Waals surface area contributed by atoms with Gasteiger partial charge in [0.25, 0.3) is 0 Å². The maximum atomic E-state index is 9.28. The molecule has 7 heteroatoms. The van der Waals surface area contributed by atoms with E-state index in [0.717, 1.165) is 0 Å². The van der Waals surface area contributed by atoms with E-state index in [2.05, 4.69) is 5.73 Å². The van der Waals surface area contributed by atoms with Crippen LogP contribution in [0.3, 0.4) is 0 Å². The molecule has 0 aromatic rings. The predicted molar refractivity (Wildman–Crippen MR) is 27.1 cm³/mol. The zero-order chi connectivity index (χ0) is 5.86. The van der Waals surface area contributed by atoms with E-state index < -0.39 is 11.0 Å². The molecule has 8 heavy (non-hydrogen) atoms. The van der Waals surface area contributed by atoms with Crippen LogP contribution in [-0.4, -0.2) is 11.0 Å². The molecule has 0 saturated carbocycles. The number of nitrogens with one attached hydrogen (secondary N) is 2. The van der Waals surface area contributed by atoms with Crippen LogP contribution in [0.5, 0.6) is 0 Å². The zero-order valence-corrected chi connectivity index (χ0v) is 4.05. The van der Waals surface area contributed by atoms with E-state index in [1.807, 2.05) is 0 Å². The summed E-state index contributed by atoms with van der Waals surface area (Å²) < 4.78 is 0. The third-order valence-corrected chi connectivity index (χ3v) is 0.212. The highest BCUT2D eigenvalue weighted by Crippen LogP contribution is 1.50. The second-order valence-corrected chi connectivity index (χ2v) is 0.783. The van der Waals surface area contributed by atoms with Crippen molar-refractivity contribution in [1.82, 2.24) is 11.6 Å². The number of hydrogen-bond acceptors (Lipinski definition) is 4. The average molecular weight is 121 g/mol. The SMILES string of the molecule is N.N=C(N)N[N+](=O)[O-]. The van der Waals surface area contributed by atoms with Crippen LogP contribution in [0.1, 0.15) is 0 Å². The van der Waals surface area contributed by atoms with E-state index >= 15 is 0 Å². The van der Waals surface area contributed by atoms with E-state index in [1.165, 1.54) is 5.43 Å². The summed E-state index contributed by atoms with van der Waals surface area (Å²) in [5.41, 5.74) is 5.91. The lowest BCUT2D eigenvalue weighted by Gasteiger charge is -1.86. The molecule has 0 rings (SSSR count). The van der Waals surface area contributed by atoms with Crippen molar-refractivity contribution in [3.63, 3.8) is 0 Å². The molecule has 0 spiro atoms. The topological polar surface area (TPSA) is 140 Å². The first-order chi connectivity index (χ1) is 3.13. The molecule has 0 aromatic heterocycles. The van der Waals surface area contributed by atoms with Crippen molar-refractivity contribution in [2.24, 2.45) is 5.73 Å². The van der Waals surface area contributed by atoms with Crippen LogP contribution in [0.4, 0.5) is 0 Å². The third kappa shape index (κ3) is 8.82. The molecular weight excluding hydrogens is 114 g/mol. The molecule has 0 aliphatic carbocycles. The molecule has 0 aromatic carbocycles. The van der Waals surface area contributed by atoms with Crippen LogP contribution in [-0.2, 0) is 0 Å². The number of nitrogens with zero attached hydrogens (tertiary/aromatic N) is 1. The maximum absolute atomic E-state index is 9.28. The van der Waals surface area contributed by atoms with Crippen molar-refractivity contribution in [3.05, 3.63) is 10.1 Å². The van der Waals surface area contributed by atoms with Gasteiger partial charge in [-0.1, -0.05) is 5.43 Å². The second kappa shape index (κ2) is 3.81. The molecule has 48 valence electrons. The summed E-state index contributed by atoms with van der Waals surface area (Å²) >= 11 is 0. The van der Waals surface area contributed by atoms with Crippen LogP contribution in [0, 0.1) is 15.5 Å². The van der Waals surface area contributed by atoms with Crippen molar-refractivity contribution in [3.8, 4) is 0 Å². The van der Waals surface area contributed by atoms with E-state index in [4.69, 9.17) is 5.41 Å². The lowest BCUT2D eigenvalue weighted by atomic mass is 11.1. The van der Waals surface area contributed by atoms with Crippen molar-refractivity contribution < 1.29 is 5.03 Å². The van der Waals surface area contributed by atoms with Gasteiger partial charge >= 0.3 is 0 Å². The van der Waals surface area contributed by atoms with Gasteiger partial charge in [0.2, 0.25) is 5.96 Å². The van der Waals surface area contributed by atoms with Gasteiger partial charge in [0.15, 0.2) is 5.03 Å². The smallest absolute Gasteiger partial charge is 0.248 e. The first-order valence-electron chi connectivity index (χ1n) is 1.38. The van der Waals surface area contributed by atoms with Gasteiger partial charge < -0.3 is 11.9 Å². The highest BCUT2D eigenvalue weighted by Gasteiger charge is 1.91. The number of hydrogen-bond donors (Lipinski definition) is 4. The molecule has 0 aliphatic rings. The largest absolute Gasteiger partial charge is 0.366 e. The molecule has 0 amide bonds. The van der Waals surface area contributed by atoms with Crippen molar-refractivity contribution in [1.29, 1.82) is 5.41 Å². The summed E-state index contributed by atoms with van der Waals surface area (Å²) in [6.45, 7) is 0. The van der Waals surface area contributed by atoms with Crippen molar-refractivity contribution in [2.45, 2.75) is 0 Å². The van der Waals surface area contributed by atoms with E-state index in [-0.39, 0.29) is 6.15 Å². The molecule has 0 fully saturated rings. The van der Waals surface area contributed by atoms with Crippen LogP contribution < -0.4 is 17.3 Å². The summed E-state index contributed by atoms with van der Waals surface area (Å²) in [6, 6.07) is 0.